The van der Waals surface area contributed by atoms with Crippen LogP contribution in [0.1, 0.15) is 66.5 Å². The molecular weight excluding hydrogens is 306 g/mol. The molecule has 3 rings (SSSR count). The van der Waals surface area contributed by atoms with Gasteiger partial charge in [-0.15, -0.1) is 0 Å². The number of aryl methyl sites for hydroxylation is 1. The zero-order chi connectivity index (χ0) is 19.5. The quantitative estimate of drug-likeness (QED) is 0.598. The van der Waals surface area contributed by atoms with Gasteiger partial charge in [0.1, 0.15) is 0 Å². The molecule has 0 saturated carbocycles. The van der Waals surface area contributed by atoms with Gasteiger partial charge >= 0.3 is 0 Å². The molecule has 2 heterocycles. The second kappa shape index (κ2) is 18.7. The van der Waals surface area contributed by atoms with E-state index in [4.69, 9.17) is 0 Å². The molecule has 1 aliphatic heterocycles. The molecule has 1 aromatic heterocycles. The Hall–Kier alpha value is -1.61. The number of benzene rings is 1. The van der Waals surface area contributed by atoms with Crippen LogP contribution in [0.15, 0.2) is 42.6 Å². The van der Waals surface area contributed by atoms with Gasteiger partial charge < -0.3 is 4.90 Å². The van der Waals surface area contributed by atoms with Gasteiger partial charge in [0.05, 0.1) is 5.69 Å². The summed E-state index contributed by atoms with van der Waals surface area (Å²) in [6.07, 6.45) is 6.08. The molecule has 1 aliphatic rings. The second-order valence-corrected chi connectivity index (χ2v) is 5.08. The molecule has 2 aromatic rings. The van der Waals surface area contributed by atoms with E-state index < -0.39 is 0 Å². The molecule has 0 aliphatic carbocycles. The van der Waals surface area contributed by atoms with Crippen LogP contribution in [0.4, 0.5) is 0 Å². The van der Waals surface area contributed by atoms with E-state index in [1.165, 1.54) is 32.4 Å². The van der Waals surface area contributed by atoms with Crippen LogP contribution in [0.5, 0.6) is 0 Å². The smallest absolute Gasteiger partial charge is 0.0648 e. The molecule has 144 valence electrons. The fourth-order valence-electron chi connectivity index (χ4n) is 2.26. The molecule has 1 saturated heterocycles. The topological polar surface area (TPSA) is 21.1 Å². The summed E-state index contributed by atoms with van der Waals surface area (Å²) in [5.74, 6) is 0. The average molecular weight is 348 g/mol. The monoisotopic (exact) mass is 347 g/mol. The number of hydrogen-bond donors (Lipinski definition) is 0. The lowest BCUT2D eigenvalue weighted by atomic mass is 10.1. The molecule has 0 atom stereocenters. The second-order valence-electron chi connectivity index (χ2n) is 5.08. The van der Waals surface area contributed by atoms with Crippen molar-refractivity contribution in [3.05, 3.63) is 48.3 Å². The van der Waals surface area contributed by atoms with Crippen LogP contribution in [-0.4, -0.2) is 34.8 Å². The van der Waals surface area contributed by atoms with Gasteiger partial charge in [0.25, 0.3) is 0 Å². The maximum atomic E-state index is 4.20. The van der Waals surface area contributed by atoms with E-state index in [-0.39, 0.29) is 0 Å². The van der Waals surface area contributed by atoms with Crippen molar-refractivity contribution < 1.29 is 0 Å². The van der Waals surface area contributed by atoms with Crippen LogP contribution >= 0.6 is 0 Å². The SMILES string of the molecule is CC.CC.CC.CN1CCCCC1.Cc1ccnn1-c1ccccc1. The van der Waals surface area contributed by atoms with Gasteiger partial charge in [-0.2, -0.15) is 5.10 Å². The summed E-state index contributed by atoms with van der Waals surface area (Å²) in [7, 11) is 2.19. The van der Waals surface area contributed by atoms with E-state index >= 15 is 0 Å². The summed E-state index contributed by atoms with van der Waals surface area (Å²) in [4.78, 5) is 2.39. The first-order chi connectivity index (χ1) is 12.3. The molecule has 0 bridgehead atoms. The third-order valence-electron chi connectivity index (χ3n) is 3.41. The summed E-state index contributed by atoms with van der Waals surface area (Å²) in [6, 6.07) is 12.1. The highest BCUT2D eigenvalue weighted by atomic mass is 15.3. The Morgan fingerprint density at radius 3 is 1.64 bits per heavy atom. The highest BCUT2D eigenvalue weighted by molar-refractivity contribution is 5.31. The first kappa shape index (κ1) is 25.6. The van der Waals surface area contributed by atoms with Crippen molar-refractivity contribution in [3.8, 4) is 5.69 Å². The minimum atomic E-state index is 1.11. The van der Waals surface area contributed by atoms with Crippen molar-refractivity contribution in [2.24, 2.45) is 0 Å². The van der Waals surface area contributed by atoms with Crippen molar-refractivity contribution in [1.29, 1.82) is 0 Å². The largest absolute Gasteiger partial charge is 0.306 e. The molecule has 1 aromatic carbocycles. The number of aromatic nitrogens is 2. The van der Waals surface area contributed by atoms with Gasteiger partial charge in [-0.1, -0.05) is 66.2 Å². The first-order valence-electron chi connectivity index (χ1n) is 10.0. The molecule has 1 fully saturated rings. The number of hydrogen-bond acceptors (Lipinski definition) is 2. The summed E-state index contributed by atoms with van der Waals surface area (Å²) in [6.45, 7) is 16.7. The Labute approximate surface area is 157 Å². The Morgan fingerprint density at radius 1 is 0.760 bits per heavy atom. The van der Waals surface area contributed by atoms with Crippen molar-refractivity contribution >= 4 is 0 Å². The fraction of sp³-hybridized carbons (Fsp3) is 0.591. The van der Waals surface area contributed by atoms with Crippen molar-refractivity contribution in [2.75, 3.05) is 20.1 Å². The Bertz CT molecular complexity index is 471. The van der Waals surface area contributed by atoms with Crippen molar-refractivity contribution in [3.63, 3.8) is 0 Å². The summed E-state index contributed by atoms with van der Waals surface area (Å²) in [5.41, 5.74) is 2.26. The molecule has 3 heteroatoms. The number of nitrogens with zero attached hydrogens (tertiary/aromatic N) is 3. The standard InChI is InChI=1S/C10H10N2.C6H13N.3C2H6/c1-9-7-8-11-12(9)10-5-3-2-4-6-10;1-7-5-3-2-4-6-7;3*1-2/h2-8H,1H3;2-6H2,1H3;3*1-2H3. The molecule has 3 nitrogen and oxygen atoms in total. The molecule has 0 radical (unpaired) electrons. The molecule has 0 spiro atoms. The van der Waals surface area contributed by atoms with Crippen molar-refractivity contribution in [1.82, 2.24) is 14.7 Å². The van der Waals surface area contributed by atoms with Gasteiger partial charge in [0, 0.05) is 11.9 Å². The summed E-state index contributed by atoms with van der Waals surface area (Å²) < 4.78 is 1.92. The van der Waals surface area contributed by atoms with Gasteiger partial charge in [0.2, 0.25) is 0 Å². The van der Waals surface area contributed by atoms with Crippen LogP contribution in [0.25, 0.3) is 5.69 Å². The van der Waals surface area contributed by atoms with Crippen molar-refractivity contribution in [2.45, 2.75) is 67.7 Å². The van der Waals surface area contributed by atoms with E-state index in [2.05, 4.69) is 17.0 Å². The van der Waals surface area contributed by atoms with Gasteiger partial charge in [0.15, 0.2) is 0 Å². The summed E-state index contributed by atoms with van der Waals surface area (Å²) in [5, 5.41) is 4.20. The normalized spacial score (nSPS) is 12.6. The van der Waals surface area contributed by atoms with E-state index in [0.29, 0.717) is 0 Å². The van der Waals surface area contributed by atoms with E-state index in [1.54, 1.807) is 0 Å². The molecule has 0 unspecified atom stereocenters. The van der Waals surface area contributed by atoms with Crippen LogP contribution in [0.2, 0.25) is 0 Å². The zero-order valence-electron chi connectivity index (χ0n) is 17.9. The lowest BCUT2D eigenvalue weighted by Crippen LogP contribution is -2.24. The molecule has 25 heavy (non-hydrogen) atoms. The first-order valence-corrected chi connectivity index (χ1v) is 10.0. The van der Waals surface area contributed by atoms with Gasteiger partial charge in [-0.3, -0.25) is 0 Å². The number of rotatable bonds is 1. The minimum absolute atomic E-state index is 1.11. The number of piperidine rings is 1. The average Bonchev–Trinajstić information content (AvgIpc) is 3.14. The number of para-hydroxylation sites is 1. The minimum Gasteiger partial charge on any atom is -0.306 e. The predicted octanol–water partition coefficient (Wildman–Crippen LogP) is 6.36. The zero-order valence-corrected chi connectivity index (χ0v) is 17.9. The predicted molar refractivity (Wildman–Crippen MR) is 114 cm³/mol. The number of likely N-dealkylation sites (tertiary alicyclic amines) is 1. The maximum Gasteiger partial charge on any atom is 0.0648 e. The van der Waals surface area contributed by atoms with Crippen LogP contribution < -0.4 is 0 Å². The third kappa shape index (κ3) is 11.5. The lowest BCUT2D eigenvalue weighted by molar-refractivity contribution is 0.277. The maximum absolute atomic E-state index is 4.20. The lowest BCUT2D eigenvalue weighted by Gasteiger charge is -2.20. The van der Waals surface area contributed by atoms with Gasteiger partial charge in [-0.25, -0.2) is 4.68 Å². The molecule has 0 amide bonds. The Kier molecular flexibility index (Phi) is 19.2. The molecule has 0 N–H and O–H groups in total. The van der Waals surface area contributed by atoms with E-state index in [9.17, 15) is 0 Å². The van der Waals surface area contributed by atoms with Crippen LogP contribution in [-0.2, 0) is 0 Å². The van der Waals surface area contributed by atoms with Gasteiger partial charge in [-0.05, 0) is 58.1 Å². The van der Waals surface area contributed by atoms with E-state index in [0.717, 1.165) is 11.4 Å². The summed E-state index contributed by atoms with van der Waals surface area (Å²) >= 11 is 0. The third-order valence-corrected chi connectivity index (χ3v) is 3.41. The highest BCUT2D eigenvalue weighted by Gasteiger charge is 2.02. The Morgan fingerprint density at radius 2 is 1.28 bits per heavy atom. The highest BCUT2D eigenvalue weighted by Crippen LogP contribution is 2.07. The fourth-order valence-corrected chi connectivity index (χ4v) is 2.26. The van der Waals surface area contributed by atoms with E-state index in [1.807, 2.05) is 95.7 Å². The van der Waals surface area contributed by atoms with Crippen LogP contribution in [0, 0.1) is 6.92 Å². The van der Waals surface area contributed by atoms with Crippen LogP contribution in [0.3, 0.4) is 0 Å². The Balaban J connectivity index is 0. The molecular formula is C22H41N3.